The Morgan fingerprint density at radius 2 is 1.95 bits per heavy atom. The second kappa shape index (κ2) is 5.05. The molecule has 5 heterocycles. The summed E-state index contributed by atoms with van der Waals surface area (Å²) in [6.07, 6.45) is 2.94. The van der Waals surface area contributed by atoms with Crippen molar-refractivity contribution in [3.8, 4) is 0 Å². The van der Waals surface area contributed by atoms with E-state index in [1.54, 1.807) is 6.33 Å². The van der Waals surface area contributed by atoms with Crippen molar-refractivity contribution in [1.82, 2.24) is 20.0 Å². The number of aryl methyl sites for hydroxylation is 3. The van der Waals surface area contributed by atoms with E-state index in [0.717, 1.165) is 42.6 Å². The second-order valence-corrected chi connectivity index (χ2v) is 6.44. The maximum Gasteiger partial charge on any atom is 0.138 e. The smallest absolute Gasteiger partial charge is 0.138 e. The van der Waals surface area contributed by atoms with Crippen LogP contribution in [0.1, 0.15) is 29.1 Å². The molecule has 3 aliphatic heterocycles. The molecule has 6 heteroatoms. The Hall–Kier alpha value is -1.95. The van der Waals surface area contributed by atoms with Gasteiger partial charge in [-0.1, -0.05) is 5.16 Å². The standard InChI is InChI=1S/C16H21N5O/c1-10-4-16(18-9-17-10)20-6-13-5-14(7-20)21(13)8-15-11(2)19-22-12(15)3/h4,9,13-14H,5-8H2,1-3H3. The van der Waals surface area contributed by atoms with Crippen molar-refractivity contribution >= 4 is 5.82 Å². The Bertz CT molecular complexity index is 666. The molecule has 6 nitrogen and oxygen atoms in total. The van der Waals surface area contributed by atoms with E-state index in [0.29, 0.717) is 12.1 Å². The lowest BCUT2D eigenvalue weighted by molar-refractivity contribution is -0.00912. The van der Waals surface area contributed by atoms with Crippen molar-refractivity contribution < 1.29 is 4.52 Å². The fraction of sp³-hybridized carbons (Fsp3) is 0.562. The Labute approximate surface area is 130 Å². The first kappa shape index (κ1) is 13.7. The molecule has 2 unspecified atom stereocenters. The van der Waals surface area contributed by atoms with Crippen LogP contribution >= 0.6 is 0 Å². The van der Waals surface area contributed by atoms with Gasteiger partial charge in [-0.25, -0.2) is 9.97 Å². The minimum Gasteiger partial charge on any atom is -0.361 e. The summed E-state index contributed by atoms with van der Waals surface area (Å²) in [4.78, 5) is 13.6. The molecular weight excluding hydrogens is 278 g/mol. The summed E-state index contributed by atoms with van der Waals surface area (Å²) in [5.41, 5.74) is 3.30. The minimum absolute atomic E-state index is 0.600. The summed E-state index contributed by atoms with van der Waals surface area (Å²) >= 11 is 0. The van der Waals surface area contributed by atoms with Crippen molar-refractivity contribution in [3.63, 3.8) is 0 Å². The number of nitrogens with zero attached hydrogens (tertiary/aromatic N) is 5. The van der Waals surface area contributed by atoms with Crippen LogP contribution in [0.4, 0.5) is 5.82 Å². The van der Waals surface area contributed by atoms with Crippen LogP contribution in [0.25, 0.3) is 0 Å². The third-order valence-electron chi connectivity index (χ3n) is 4.98. The molecule has 0 saturated carbocycles. The first-order valence-electron chi connectivity index (χ1n) is 7.83. The van der Waals surface area contributed by atoms with Gasteiger partial charge in [0, 0.05) is 49.0 Å². The molecule has 0 N–H and O–H groups in total. The molecule has 3 fully saturated rings. The van der Waals surface area contributed by atoms with Gasteiger partial charge < -0.3 is 9.42 Å². The molecule has 0 radical (unpaired) electrons. The Morgan fingerprint density at radius 1 is 1.18 bits per heavy atom. The zero-order chi connectivity index (χ0) is 15.3. The minimum atomic E-state index is 0.600. The lowest BCUT2D eigenvalue weighted by Crippen LogP contribution is -2.68. The van der Waals surface area contributed by atoms with Gasteiger partial charge in [-0.05, 0) is 27.2 Å². The highest BCUT2D eigenvalue weighted by atomic mass is 16.5. The lowest BCUT2D eigenvalue weighted by atomic mass is 9.86. The summed E-state index contributed by atoms with van der Waals surface area (Å²) in [6, 6.07) is 3.27. The van der Waals surface area contributed by atoms with E-state index in [9.17, 15) is 0 Å². The fourth-order valence-electron chi connectivity index (χ4n) is 3.66. The molecule has 2 aromatic heterocycles. The van der Waals surface area contributed by atoms with Gasteiger partial charge in [0.05, 0.1) is 5.69 Å². The van der Waals surface area contributed by atoms with Crippen LogP contribution in [0.3, 0.4) is 0 Å². The number of hydrogen-bond acceptors (Lipinski definition) is 6. The molecule has 0 aliphatic carbocycles. The average Bonchev–Trinajstić information content (AvgIpc) is 2.84. The molecule has 22 heavy (non-hydrogen) atoms. The van der Waals surface area contributed by atoms with E-state index >= 15 is 0 Å². The normalized spacial score (nSPS) is 24.4. The highest BCUT2D eigenvalue weighted by Gasteiger charge is 2.45. The average molecular weight is 299 g/mol. The van der Waals surface area contributed by atoms with Crippen LogP contribution in [-0.2, 0) is 6.54 Å². The van der Waals surface area contributed by atoms with Crippen LogP contribution in [0, 0.1) is 20.8 Å². The van der Waals surface area contributed by atoms with E-state index in [4.69, 9.17) is 4.52 Å². The number of anilines is 1. The van der Waals surface area contributed by atoms with Gasteiger partial charge in [0.2, 0.25) is 0 Å². The molecule has 0 amide bonds. The van der Waals surface area contributed by atoms with Crippen LogP contribution < -0.4 is 4.90 Å². The molecular formula is C16H21N5O. The van der Waals surface area contributed by atoms with E-state index in [-0.39, 0.29) is 0 Å². The van der Waals surface area contributed by atoms with Crippen molar-refractivity contribution in [3.05, 3.63) is 35.1 Å². The van der Waals surface area contributed by atoms with Gasteiger partial charge in [0.1, 0.15) is 17.9 Å². The summed E-state index contributed by atoms with van der Waals surface area (Å²) in [5.74, 6) is 2.00. The molecule has 2 atom stereocenters. The summed E-state index contributed by atoms with van der Waals surface area (Å²) in [6.45, 7) is 9.07. The lowest BCUT2D eigenvalue weighted by Gasteiger charge is -2.56. The van der Waals surface area contributed by atoms with Crippen molar-refractivity contribution in [1.29, 1.82) is 0 Å². The predicted molar refractivity (Wildman–Crippen MR) is 82.7 cm³/mol. The van der Waals surface area contributed by atoms with Crippen LogP contribution in [-0.4, -0.2) is 45.2 Å². The Kier molecular flexibility index (Phi) is 3.14. The monoisotopic (exact) mass is 299 g/mol. The van der Waals surface area contributed by atoms with Crippen molar-refractivity contribution in [2.45, 2.75) is 45.8 Å². The zero-order valence-electron chi connectivity index (χ0n) is 13.3. The SMILES string of the molecule is Cc1cc(N2CC3CC(C2)N3Cc2c(C)noc2C)ncn1. The molecule has 3 saturated heterocycles. The first-order chi connectivity index (χ1) is 10.6. The maximum atomic E-state index is 5.29. The second-order valence-electron chi connectivity index (χ2n) is 6.44. The fourth-order valence-corrected chi connectivity index (χ4v) is 3.66. The third-order valence-corrected chi connectivity index (χ3v) is 4.98. The third kappa shape index (κ3) is 2.18. The zero-order valence-corrected chi connectivity index (χ0v) is 13.3. The molecule has 2 aromatic rings. The van der Waals surface area contributed by atoms with Crippen molar-refractivity contribution in [2.24, 2.45) is 0 Å². The van der Waals surface area contributed by atoms with Gasteiger partial charge in [0.25, 0.3) is 0 Å². The van der Waals surface area contributed by atoms with Crippen LogP contribution in [0.2, 0.25) is 0 Å². The molecule has 116 valence electrons. The Morgan fingerprint density at radius 3 is 2.59 bits per heavy atom. The van der Waals surface area contributed by atoms with Gasteiger partial charge in [0.15, 0.2) is 0 Å². The highest BCUT2D eigenvalue weighted by Crippen LogP contribution is 2.36. The van der Waals surface area contributed by atoms with Gasteiger partial charge in [-0.2, -0.15) is 0 Å². The molecule has 2 bridgehead atoms. The molecule has 0 aromatic carbocycles. The van der Waals surface area contributed by atoms with Crippen LogP contribution in [0.15, 0.2) is 16.9 Å². The molecule has 3 aliphatic rings. The van der Waals surface area contributed by atoms with Crippen molar-refractivity contribution in [2.75, 3.05) is 18.0 Å². The van der Waals surface area contributed by atoms with Gasteiger partial charge in [-0.3, -0.25) is 4.90 Å². The highest BCUT2D eigenvalue weighted by molar-refractivity contribution is 5.41. The number of fused-ring (bicyclic) bond motifs is 2. The number of hydrogen-bond donors (Lipinski definition) is 0. The number of piperazine rings is 1. The van der Waals surface area contributed by atoms with Crippen LogP contribution in [0.5, 0.6) is 0 Å². The van der Waals surface area contributed by atoms with E-state index in [1.165, 1.54) is 12.0 Å². The number of aromatic nitrogens is 3. The maximum absolute atomic E-state index is 5.29. The summed E-state index contributed by atoms with van der Waals surface area (Å²) < 4.78 is 5.29. The summed E-state index contributed by atoms with van der Waals surface area (Å²) in [5, 5.41) is 4.06. The Balaban J connectivity index is 1.47. The largest absolute Gasteiger partial charge is 0.361 e. The van der Waals surface area contributed by atoms with E-state index < -0.39 is 0 Å². The van der Waals surface area contributed by atoms with E-state index in [1.807, 2.05) is 20.8 Å². The molecule has 5 rings (SSSR count). The number of rotatable bonds is 3. The first-order valence-corrected chi connectivity index (χ1v) is 7.83. The topological polar surface area (TPSA) is 58.3 Å². The predicted octanol–water partition coefficient (Wildman–Crippen LogP) is 1.85. The van der Waals surface area contributed by atoms with Gasteiger partial charge in [-0.15, -0.1) is 0 Å². The van der Waals surface area contributed by atoms with E-state index in [2.05, 4.69) is 31.0 Å². The summed E-state index contributed by atoms with van der Waals surface area (Å²) in [7, 11) is 0. The molecule has 0 spiro atoms. The quantitative estimate of drug-likeness (QED) is 0.862. The number of piperidine rings is 1. The van der Waals surface area contributed by atoms with Gasteiger partial charge >= 0.3 is 0 Å².